The van der Waals surface area contributed by atoms with Crippen molar-refractivity contribution in [2.45, 2.75) is 65.0 Å². The molecule has 1 fully saturated rings. The fraction of sp³-hybridized carbons (Fsp3) is 0.545. The van der Waals surface area contributed by atoms with Gasteiger partial charge in [-0.05, 0) is 52.2 Å². The number of aryl methyl sites for hydroxylation is 2. The molecule has 2 aromatic heterocycles. The number of amides is 3. The number of rotatable bonds is 7. The molecule has 2 aromatic rings. The molecule has 0 aromatic carbocycles. The fourth-order valence-electron chi connectivity index (χ4n) is 3.96. The maximum atomic E-state index is 12.8. The average molecular weight is 479 g/mol. The van der Waals surface area contributed by atoms with E-state index in [-0.39, 0.29) is 17.9 Å². The van der Waals surface area contributed by atoms with E-state index in [1.54, 1.807) is 16.2 Å². The van der Waals surface area contributed by atoms with Crippen LogP contribution in [-0.4, -0.2) is 62.5 Å². The quantitative estimate of drug-likeness (QED) is 0.629. The van der Waals surface area contributed by atoms with E-state index in [2.05, 4.69) is 10.3 Å². The summed E-state index contributed by atoms with van der Waals surface area (Å²) in [6.45, 7) is 8.13. The molecule has 32 heavy (non-hydrogen) atoms. The minimum Gasteiger partial charge on any atom is -0.465 e. The topological polar surface area (TPSA) is 103 Å². The highest BCUT2D eigenvalue weighted by Gasteiger charge is 2.38. The Bertz CT molecular complexity index is 979. The lowest BCUT2D eigenvalue weighted by atomic mass is 10.0. The van der Waals surface area contributed by atoms with Crippen molar-refractivity contribution in [2.24, 2.45) is 0 Å². The van der Waals surface area contributed by atoms with Gasteiger partial charge in [0.25, 0.3) is 0 Å². The molecule has 1 unspecified atom stereocenters. The van der Waals surface area contributed by atoms with Crippen molar-refractivity contribution in [3.63, 3.8) is 0 Å². The van der Waals surface area contributed by atoms with Crippen LogP contribution in [-0.2, 0) is 28.9 Å². The van der Waals surface area contributed by atoms with Crippen LogP contribution in [0, 0.1) is 0 Å². The monoisotopic (exact) mass is 478 g/mol. The number of carbonyl (C=O) groups is 3. The summed E-state index contributed by atoms with van der Waals surface area (Å²) in [5.41, 5.74) is 0.438. The van der Waals surface area contributed by atoms with Gasteiger partial charge in [-0.2, -0.15) is 0 Å². The summed E-state index contributed by atoms with van der Waals surface area (Å²) >= 11 is 3.04. The van der Waals surface area contributed by atoms with Crippen molar-refractivity contribution < 1.29 is 19.5 Å². The number of aromatic nitrogens is 1. The first kappa shape index (κ1) is 24.2. The molecule has 2 N–H and O–H groups in total. The molecule has 3 heterocycles. The summed E-state index contributed by atoms with van der Waals surface area (Å²) in [6.07, 6.45) is 1.66. The smallest absolute Gasteiger partial charge is 0.408 e. The van der Waals surface area contributed by atoms with Gasteiger partial charge in [0.05, 0.1) is 18.2 Å². The summed E-state index contributed by atoms with van der Waals surface area (Å²) in [4.78, 5) is 45.5. The van der Waals surface area contributed by atoms with Gasteiger partial charge in [-0.25, -0.2) is 9.78 Å². The third-order valence-corrected chi connectivity index (χ3v) is 7.27. The Kier molecular flexibility index (Phi) is 7.55. The van der Waals surface area contributed by atoms with Crippen molar-refractivity contribution in [3.05, 3.63) is 33.0 Å². The molecular formula is C22H30N4O4S2. The Balaban J connectivity index is 1.51. The number of hydrogen-bond donors (Lipinski definition) is 2. The van der Waals surface area contributed by atoms with Gasteiger partial charge in [0.2, 0.25) is 11.8 Å². The van der Waals surface area contributed by atoms with E-state index in [0.717, 1.165) is 23.4 Å². The van der Waals surface area contributed by atoms with Crippen molar-refractivity contribution in [1.82, 2.24) is 14.8 Å². The third kappa shape index (κ3) is 6.29. The van der Waals surface area contributed by atoms with E-state index in [9.17, 15) is 19.5 Å². The van der Waals surface area contributed by atoms with Crippen molar-refractivity contribution >= 4 is 45.7 Å². The Morgan fingerprint density at radius 3 is 2.62 bits per heavy atom. The number of anilines is 1. The molecule has 10 heteroatoms. The van der Waals surface area contributed by atoms with Crippen molar-refractivity contribution in [3.8, 4) is 0 Å². The van der Waals surface area contributed by atoms with Crippen LogP contribution in [0.5, 0.6) is 0 Å². The second-order valence-corrected chi connectivity index (χ2v) is 11.1. The molecule has 0 radical (unpaired) electrons. The van der Waals surface area contributed by atoms with Crippen LogP contribution in [0.1, 0.15) is 49.6 Å². The highest BCUT2D eigenvalue weighted by molar-refractivity contribution is 7.14. The average Bonchev–Trinajstić information content (AvgIpc) is 3.39. The molecule has 3 amide bonds. The summed E-state index contributed by atoms with van der Waals surface area (Å²) in [5.74, 6) is -0.0866. The minimum absolute atomic E-state index is 0.0413. The number of hydrogen-bond acceptors (Lipinski definition) is 6. The van der Waals surface area contributed by atoms with E-state index in [4.69, 9.17) is 0 Å². The molecule has 174 valence electrons. The SMILES string of the molecule is CC(=O)Nc1nc(CCc2ccc(CC(=O)N3CCC(N(C(=O)O)C(C)(C)C)C3)s2)cs1. The van der Waals surface area contributed by atoms with E-state index in [1.807, 2.05) is 38.3 Å². The third-order valence-electron chi connectivity index (χ3n) is 5.32. The molecule has 1 atom stereocenters. The van der Waals surface area contributed by atoms with Crippen LogP contribution < -0.4 is 5.32 Å². The summed E-state index contributed by atoms with van der Waals surface area (Å²) in [7, 11) is 0. The highest BCUT2D eigenvalue weighted by Crippen LogP contribution is 2.26. The van der Waals surface area contributed by atoms with E-state index < -0.39 is 11.6 Å². The van der Waals surface area contributed by atoms with Crippen LogP contribution in [0.25, 0.3) is 0 Å². The maximum absolute atomic E-state index is 12.8. The zero-order valence-electron chi connectivity index (χ0n) is 18.9. The van der Waals surface area contributed by atoms with Gasteiger partial charge in [0, 0.05) is 40.7 Å². The van der Waals surface area contributed by atoms with Crippen LogP contribution >= 0.6 is 22.7 Å². The van der Waals surface area contributed by atoms with Gasteiger partial charge in [-0.15, -0.1) is 22.7 Å². The number of nitrogens with zero attached hydrogens (tertiary/aromatic N) is 3. The molecule has 1 saturated heterocycles. The molecule has 0 aliphatic carbocycles. The van der Waals surface area contributed by atoms with Gasteiger partial charge in [-0.1, -0.05) is 0 Å². The summed E-state index contributed by atoms with van der Waals surface area (Å²) < 4.78 is 0. The first-order valence-electron chi connectivity index (χ1n) is 10.6. The lowest BCUT2D eigenvalue weighted by molar-refractivity contribution is -0.129. The second kappa shape index (κ2) is 9.99. The highest BCUT2D eigenvalue weighted by atomic mass is 32.1. The zero-order valence-corrected chi connectivity index (χ0v) is 20.5. The van der Waals surface area contributed by atoms with Crippen LogP contribution in [0.2, 0.25) is 0 Å². The number of carboxylic acid groups (broad SMARTS) is 1. The molecule has 1 aliphatic heterocycles. The number of nitrogens with one attached hydrogen (secondary N) is 1. The number of thiazole rings is 1. The number of likely N-dealkylation sites (tertiary alicyclic amines) is 1. The molecule has 0 saturated carbocycles. The van der Waals surface area contributed by atoms with E-state index in [0.29, 0.717) is 31.1 Å². The Morgan fingerprint density at radius 1 is 1.25 bits per heavy atom. The predicted octanol–water partition coefficient (Wildman–Crippen LogP) is 3.87. The van der Waals surface area contributed by atoms with Gasteiger partial charge in [0.15, 0.2) is 5.13 Å². The molecule has 8 nitrogen and oxygen atoms in total. The first-order valence-corrected chi connectivity index (χ1v) is 12.3. The molecule has 3 rings (SSSR count). The minimum atomic E-state index is -0.941. The molecule has 0 bridgehead atoms. The summed E-state index contributed by atoms with van der Waals surface area (Å²) in [6, 6.07) is 3.87. The maximum Gasteiger partial charge on any atom is 0.408 e. The van der Waals surface area contributed by atoms with Gasteiger partial charge in [-0.3, -0.25) is 14.5 Å². The predicted molar refractivity (Wildman–Crippen MR) is 126 cm³/mol. The fourth-order valence-corrected chi connectivity index (χ4v) is 5.76. The van der Waals surface area contributed by atoms with E-state index >= 15 is 0 Å². The van der Waals surface area contributed by atoms with Crippen LogP contribution in [0.4, 0.5) is 9.93 Å². The van der Waals surface area contributed by atoms with Gasteiger partial charge < -0.3 is 15.3 Å². The standard InChI is InChI=1S/C22H30N4O4S2/c1-14(27)23-20-24-15(13-31-20)5-6-17-7-8-18(32-17)11-19(28)25-10-9-16(12-25)26(21(29)30)22(2,3)4/h7-8,13,16H,5-6,9-12H2,1-4H3,(H,29,30)(H,23,24,27). The normalized spacial score (nSPS) is 16.2. The largest absolute Gasteiger partial charge is 0.465 e. The van der Waals surface area contributed by atoms with Gasteiger partial charge >= 0.3 is 6.09 Å². The lowest BCUT2D eigenvalue weighted by Gasteiger charge is -2.37. The second-order valence-electron chi connectivity index (χ2n) is 8.98. The summed E-state index contributed by atoms with van der Waals surface area (Å²) in [5, 5.41) is 14.9. The Labute approximate surface area is 196 Å². The lowest BCUT2D eigenvalue weighted by Crippen LogP contribution is -2.52. The van der Waals surface area contributed by atoms with Crippen molar-refractivity contribution in [1.29, 1.82) is 0 Å². The van der Waals surface area contributed by atoms with Crippen LogP contribution in [0.3, 0.4) is 0 Å². The molecule has 1 aliphatic rings. The number of carbonyl (C=O) groups excluding carboxylic acids is 2. The Morgan fingerprint density at radius 2 is 1.97 bits per heavy atom. The Hall–Kier alpha value is -2.46. The number of thiophene rings is 1. The van der Waals surface area contributed by atoms with Crippen LogP contribution in [0.15, 0.2) is 17.5 Å². The zero-order chi connectivity index (χ0) is 23.5. The first-order chi connectivity index (χ1) is 15.0. The molecular weight excluding hydrogens is 448 g/mol. The van der Waals surface area contributed by atoms with E-state index in [1.165, 1.54) is 28.0 Å². The van der Waals surface area contributed by atoms with Gasteiger partial charge in [0.1, 0.15) is 0 Å². The molecule has 0 spiro atoms. The van der Waals surface area contributed by atoms with Crippen molar-refractivity contribution in [2.75, 3.05) is 18.4 Å².